The summed E-state index contributed by atoms with van der Waals surface area (Å²) in [7, 11) is 0. The predicted molar refractivity (Wildman–Crippen MR) is 147 cm³/mol. The van der Waals surface area contributed by atoms with Crippen molar-refractivity contribution < 1.29 is 19.1 Å². The zero-order valence-corrected chi connectivity index (χ0v) is 23.3. The van der Waals surface area contributed by atoms with E-state index in [2.05, 4.69) is 31.9 Å². The predicted octanol–water partition coefficient (Wildman–Crippen LogP) is 8.08. The third kappa shape index (κ3) is 6.50. The number of benzene rings is 3. The van der Waals surface area contributed by atoms with Crippen molar-refractivity contribution in [2.24, 2.45) is 0 Å². The average molecular weight is 638 g/mol. The Bertz CT molecular complexity index is 1280. The van der Waals surface area contributed by atoms with Gasteiger partial charge in [0.15, 0.2) is 11.5 Å². The van der Waals surface area contributed by atoms with Gasteiger partial charge in [-0.25, -0.2) is 0 Å². The number of carbonyl (C=O) groups is 2. The van der Waals surface area contributed by atoms with E-state index in [0.717, 1.165) is 27.4 Å². The Balaban J connectivity index is 1.54. The summed E-state index contributed by atoms with van der Waals surface area (Å²) in [6, 6.07) is 18.5. The number of thioether (sulfide) groups is 1. The molecule has 3 aromatic carbocycles. The van der Waals surface area contributed by atoms with Crippen molar-refractivity contribution in [1.82, 2.24) is 4.90 Å². The SMILES string of the molecule is CCOc1cc(/C=C2\SC(=O)N(Cc3ccc(Br)cc3)C2=O)c(Br)cc1OCc1ccc(Cl)cc1. The first-order valence-electron chi connectivity index (χ1n) is 10.7. The van der Waals surface area contributed by atoms with Crippen molar-refractivity contribution in [3.63, 3.8) is 0 Å². The molecule has 0 radical (unpaired) electrons. The number of rotatable bonds is 8. The molecule has 0 bridgehead atoms. The Morgan fingerprint density at radius 1 is 0.943 bits per heavy atom. The first-order chi connectivity index (χ1) is 16.8. The Kier molecular flexibility index (Phi) is 8.59. The normalized spacial score (nSPS) is 14.6. The molecule has 0 N–H and O–H groups in total. The third-order valence-electron chi connectivity index (χ3n) is 5.08. The van der Waals surface area contributed by atoms with Crippen LogP contribution in [0.15, 0.2) is 74.5 Å². The topological polar surface area (TPSA) is 55.8 Å². The Morgan fingerprint density at radius 2 is 1.60 bits per heavy atom. The van der Waals surface area contributed by atoms with E-state index in [4.69, 9.17) is 21.1 Å². The molecule has 9 heteroatoms. The standard InChI is InChI=1S/C26H20Br2ClNO4S/c1-2-33-22-11-18(21(28)13-23(22)34-15-17-5-9-20(29)10-6-17)12-24-25(31)30(26(32)35-24)14-16-3-7-19(27)8-4-16/h3-13H,2,14-15H2,1H3/b24-12-. The van der Waals surface area contributed by atoms with Crippen molar-refractivity contribution in [3.8, 4) is 11.5 Å². The van der Waals surface area contributed by atoms with Gasteiger partial charge in [0.2, 0.25) is 0 Å². The molecular weight excluding hydrogens is 618 g/mol. The molecule has 2 amide bonds. The van der Waals surface area contributed by atoms with E-state index in [-0.39, 0.29) is 17.7 Å². The largest absolute Gasteiger partial charge is 0.490 e. The molecule has 5 nitrogen and oxygen atoms in total. The van der Waals surface area contributed by atoms with Crippen LogP contribution >= 0.6 is 55.2 Å². The second kappa shape index (κ2) is 11.6. The van der Waals surface area contributed by atoms with Gasteiger partial charge in [-0.1, -0.05) is 67.7 Å². The van der Waals surface area contributed by atoms with Crippen LogP contribution in [0.5, 0.6) is 11.5 Å². The molecule has 35 heavy (non-hydrogen) atoms. The number of nitrogens with zero attached hydrogens (tertiary/aromatic N) is 1. The van der Waals surface area contributed by atoms with Crippen LogP contribution in [-0.2, 0) is 17.9 Å². The molecule has 0 aliphatic carbocycles. The molecule has 0 saturated carbocycles. The van der Waals surface area contributed by atoms with Gasteiger partial charge in [-0.05, 0) is 77.9 Å². The van der Waals surface area contributed by atoms with E-state index in [1.807, 2.05) is 55.5 Å². The summed E-state index contributed by atoms with van der Waals surface area (Å²) in [6.45, 7) is 2.90. The Hall–Kier alpha value is -2.26. The lowest BCUT2D eigenvalue weighted by Gasteiger charge is -2.14. The Labute approximate surface area is 229 Å². The zero-order chi connectivity index (χ0) is 24.9. The molecule has 0 atom stereocenters. The lowest BCUT2D eigenvalue weighted by atomic mass is 10.1. The highest BCUT2D eigenvalue weighted by Crippen LogP contribution is 2.39. The molecule has 180 valence electrons. The molecule has 0 aromatic heterocycles. The smallest absolute Gasteiger partial charge is 0.293 e. The number of hydrogen-bond acceptors (Lipinski definition) is 5. The lowest BCUT2D eigenvalue weighted by molar-refractivity contribution is -0.123. The molecule has 3 aromatic rings. The first-order valence-corrected chi connectivity index (χ1v) is 13.5. The number of imide groups is 1. The maximum atomic E-state index is 13.0. The highest BCUT2D eigenvalue weighted by molar-refractivity contribution is 9.10. The molecule has 1 fully saturated rings. The highest BCUT2D eigenvalue weighted by Gasteiger charge is 2.35. The molecule has 0 spiro atoms. The monoisotopic (exact) mass is 635 g/mol. The van der Waals surface area contributed by atoms with Crippen LogP contribution in [0.1, 0.15) is 23.6 Å². The summed E-state index contributed by atoms with van der Waals surface area (Å²) < 4.78 is 13.4. The lowest BCUT2D eigenvalue weighted by Crippen LogP contribution is -2.27. The summed E-state index contributed by atoms with van der Waals surface area (Å²) in [5, 5.41) is 0.366. The van der Waals surface area contributed by atoms with E-state index in [0.29, 0.717) is 44.7 Å². The highest BCUT2D eigenvalue weighted by atomic mass is 79.9. The molecule has 4 rings (SSSR count). The van der Waals surface area contributed by atoms with Gasteiger partial charge in [0.25, 0.3) is 11.1 Å². The number of carbonyl (C=O) groups excluding carboxylic acids is 2. The number of hydrogen-bond donors (Lipinski definition) is 0. The van der Waals surface area contributed by atoms with Gasteiger partial charge in [0.1, 0.15) is 6.61 Å². The second-order valence-corrected chi connectivity index (χ2v) is 10.8. The molecule has 1 aliphatic rings. The minimum absolute atomic E-state index is 0.220. The van der Waals surface area contributed by atoms with Crippen molar-refractivity contribution >= 4 is 72.4 Å². The molecule has 1 saturated heterocycles. The average Bonchev–Trinajstić information content (AvgIpc) is 3.10. The van der Waals surface area contributed by atoms with E-state index in [1.54, 1.807) is 18.2 Å². The van der Waals surface area contributed by atoms with Crippen LogP contribution in [0.3, 0.4) is 0 Å². The summed E-state index contributed by atoms with van der Waals surface area (Å²) >= 11 is 13.8. The zero-order valence-electron chi connectivity index (χ0n) is 18.6. The van der Waals surface area contributed by atoms with E-state index in [9.17, 15) is 9.59 Å². The van der Waals surface area contributed by atoms with Gasteiger partial charge in [-0.2, -0.15) is 0 Å². The molecular formula is C26H20Br2ClNO4S. The van der Waals surface area contributed by atoms with Crippen molar-refractivity contribution in [3.05, 3.63) is 96.2 Å². The molecule has 1 heterocycles. The summed E-state index contributed by atoms with van der Waals surface area (Å²) in [6.07, 6.45) is 1.70. The fraction of sp³-hybridized carbons (Fsp3) is 0.154. The minimum Gasteiger partial charge on any atom is -0.490 e. The van der Waals surface area contributed by atoms with Gasteiger partial charge in [0, 0.05) is 14.0 Å². The summed E-state index contributed by atoms with van der Waals surface area (Å²) in [5.74, 6) is 0.787. The van der Waals surface area contributed by atoms with E-state index >= 15 is 0 Å². The third-order valence-corrected chi connectivity index (χ3v) is 7.46. The number of amides is 2. The first kappa shape index (κ1) is 25.8. The fourth-order valence-electron chi connectivity index (χ4n) is 3.33. The quantitative estimate of drug-likeness (QED) is 0.234. The molecule has 1 aliphatic heterocycles. The van der Waals surface area contributed by atoms with Crippen molar-refractivity contribution in [2.75, 3.05) is 6.61 Å². The Morgan fingerprint density at radius 3 is 2.29 bits per heavy atom. The van der Waals surface area contributed by atoms with E-state index < -0.39 is 0 Å². The van der Waals surface area contributed by atoms with Crippen LogP contribution in [0, 0.1) is 0 Å². The van der Waals surface area contributed by atoms with Crippen LogP contribution < -0.4 is 9.47 Å². The second-order valence-electron chi connectivity index (χ2n) is 7.56. The van der Waals surface area contributed by atoms with Crippen LogP contribution in [0.2, 0.25) is 5.02 Å². The van der Waals surface area contributed by atoms with Crippen LogP contribution in [0.4, 0.5) is 4.79 Å². The van der Waals surface area contributed by atoms with Gasteiger partial charge in [-0.3, -0.25) is 14.5 Å². The summed E-state index contributed by atoms with van der Waals surface area (Å²) in [4.78, 5) is 27.2. The van der Waals surface area contributed by atoms with Crippen molar-refractivity contribution in [2.45, 2.75) is 20.1 Å². The number of halogens is 3. The van der Waals surface area contributed by atoms with Gasteiger partial charge >= 0.3 is 0 Å². The molecule has 0 unspecified atom stereocenters. The van der Waals surface area contributed by atoms with Crippen LogP contribution in [0.25, 0.3) is 6.08 Å². The van der Waals surface area contributed by atoms with Crippen molar-refractivity contribution in [1.29, 1.82) is 0 Å². The van der Waals surface area contributed by atoms with Gasteiger partial charge < -0.3 is 9.47 Å². The van der Waals surface area contributed by atoms with E-state index in [1.165, 1.54) is 4.90 Å². The van der Waals surface area contributed by atoms with Crippen LogP contribution in [-0.4, -0.2) is 22.7 Å². The summed E-state index contributed by atoms with van der Waals surface area (Å²) in [5.41, 5.74) is 2.55. The minimum atomic E-state index is -0.323. The maximum absolute atomic E-state index is 13.0. The number of ether oxygens (including phenoxy) is 2. The maximum Gasteiger partial charge on any atom is 0.293 e. The van der Waals surface area contributed by atoms with Gasteiger partial charge in [0.05, 0.1) is 18.1 Å². The van der Waals surface area contributed by atoms with Gasteiger partial charge in [-0.15, -0.1) is 0 Å². The fourth-order valence-corrected chi connectivity index (χ4v) is 4.99.